The molecule has 10 heteroatoms. The van der Waals surface area contributed by atoms with E-state index in [4.69, 9.17) is 0 Å². The van der Waals surface area contributed by atoms with Crippen LogP contribution in [-0.4, -0.2) is 57.2 Å². The summed E-state index contributed by atoms with van der Waals surface area (Å²) in [6.07, 6.45) is 3.01. The number of carbonyl (C=O) groups excluding carboxylic acids is 2. The van der Waals surface area contributed by atoms with Crippen LogP contribution in [0.2, 0.25) is 0 Å². The number of benzene rings is 1. The van der Waals surface area contributed by atoms with Gasteiger partial charge >= 0.3 is 0 Å². The van der Waals surface area contributed by atoms with Gasteiger partial charge in [0, 0.05) is 51.4 Å². The maximum Gasteiger partial charge on any atom is 0.258 e. The molecule has 0 spiro atoms. The van der Waals surface area contributed by atoms with Crippen molar-refractivity contribution in [2.45, 2.75) is 25.0 Å². The molecule has 1 aromatic carbocycles. The van der Waals surface area contributed by atoms with Crippen molar-refractivity contribution in [3.05, 3.63) is 59.9 Å². The summed E-state index contributed by atoms with van der Waals surface area (Å²) >= 11 is 0. The summed E-state index contributed by atoms with van der Waals surface area (Å²) < 4.78 is 1.75. The van der Waals surface area contributed by atoms with Crippen LogP contribution in [0.1, 0.15) is 35.1 Å². The molecule has 2 amide bonds. The van der Waals surface area contributed by atoms with Crippen LogP contribution in [0.3, 0.4) is 0 Å². The predicted octanol–water partition coefficient (Wildman–Crippen LogP) is 2.41. The average Bonchev–Trinajstić information content (AvgIpc) is 3.55. The first-order valence-electron chi connectivity index (χ1n) is 11.5. The summed E-state index contributed by atoms with van der Waals surface area (Å²) in [4.78, 5) is 33.4. The van der Waals surface area contributed by atoms with Crippen LogP contribution in [0.15, 0.2) is 48.7 Å². The Kier molecular flexibility index (Phi) is 4.86. The summed E-state index contributed by atoms with van der Waals surface area (Å²) in [7, 11) is 1.85. The normalized spacial score (nSPS) is 19.4. The number of pyridine rings is 1. The fraction of sp³-hybridized carbons (Fsp3) is 0.333. The van der Waals surface area contributed by atoms with Crippen LogP contribution in [0.25, 0.3) is 0 Å². The van der Waals surface area contributed by atoms with Crippen molar-refractivity contribution in [2.75, 3.05) is 40.5 Å². The standard InChI is InChI=1S/C24H26N8O2/c1-30-19(23-26-17-4-2-3-5-18(17)27-23)12-20(29-30)28-24(34)15-6-8-21(25-13-15)31-10-11-32-16(14-31)7-9-22(32)33/h2-6,8,12-13,16,23,26-27H,7,9-11,14H2,1H3,(H,28,29,34). The number of piperazine rings is 1. The van der Waals surface area contributed by atoms with Crippen molar-refractivity contribution < 1.29 is 9.59 Å². The van der Waals surface area contributed by atoms with Gasteiger partial charge < -0.3 is 25.8 Å². The number of carbonyl (C=O) groups is 2. The fourth-order valence-corrected chi connectivity index (χ4v) is 5.01. The third-order valence-electron chi connectivity index (χ3n) is 6.81. The molecule has 174 valence electrons. The minimum atomic E-state index is -0.259. The zero-order chi connectivity index (χ0) is 23.2. The molecule has 3 aliphatic rings. The average molecular weight is 459 g/mol. The Bertz CT molecular complexity index is 1230. The van der Waals surface area contributed by atoms with Crippen molar-refractivity contribution >= 4 is 34.8 Å². The zero-order valence-corrected chi connectivity index (χ0v) is 18.9. The molecule has 5 heterocycles. The van der Waals surface area contributed by atoms with Gasteiger partial charge in [-0.05, 0) is 30.7 Å². The van der Waals surface area contributed by atoms with Gasteiger partial charge in [-0.2, -0.15) is 5.10 Å². The fourth-order valence-electron chi connectivity index (χ4n) is 5.01. The largest absolute Gasteiger partial charge is 0.359 e. The van der Waals surface area contributed by atoms with Gasteiger partial charge in [-0.1, -0.05) is 12.1 Å². The first kappa shape index (κ1) is 20.5. The maximum atomic E-state index is 12.8. The van der Waals surface area contributed by atoms with E-state index in [1.165, 1.54) is 0 Å². The molecular formula is C24H26N8O2. The first-order chi connectivity index (χ1) is 16.5. The number of aryl methyl sites for hydroxylation is 1. The van der Waals surface area contributed by atoms with Gasteiger partial charge in [-0.25, -0.2) is 4.98 Å². The zero-order valence-electron chi connectivity index (χ0n) is 18.9. The summed E-state index contributed by atoms with van der Waals surface area (Å²) in [5.41, 5.74) is 3.44. The molecule has 2 aromatic heterocycles. The van der Waals surface area contributed by atoms with Gasteiger partial charge in [-0.15, -0.1) is 0 Å². The molecule has 0 radical (unpaired) electrons. The SMILES string of the molecule is Cn1nc(NC(=O)c2ccc(N3CCN4C(=O)CCC4C3)nc2)cc1C1Nc2ccccc2N1. The van der Waals surface area contributed by atoms with E-state index >= 15 is 0 Å². The van der Waals surface area contributed by atoms with Crippen LogP contribution < -0.4 is 20.9 Å². The number of nitrogens with zero attached hydrogens (tertiary/aromatic N) is 5. The molecular weight excluding hydrogens is 432 g/mol. The van der Waals surface area contributed by atoms with E-state index in [1.54, 1.807) is 16.9 Å². The number of fused-ring (bicyclic) bond motifs is 2. The molecule has 1 unspecified atom stereocenters. The summed E-state index contributed by atoms with van der Waals surface area (Å²) in [5.74, 6) is 1.30. The lowest BCUT2D eigenvalue weighted by atomic mass is 10.1. The number of aromatic nitrogens is 3. The van der Waals surface area contributed by atoms with Crippen molar-refractivity contribution in [1.29, 1.82) is 0 Å². The molecule has 0 saturated carbocycles. The molecule has 3 N–H and O–H groups in total. The van der Waals surface area contributed by atoms with E-state index in [2.05, 4.69) is 30.9 Å². The Labute approximate surface area is 196 Å². The Morgan fingerprint density at radius 1 is 1.12 bits per heavy atom. The van der Waals surface area contributed by atoms with Gasteiger partial charge in [-0.3, -0.25) is 14.3 Å². The molecule has 2 saturated heterocycles. The minimum Gasteiger partial charge on any atom is -0.359 e. The van der Waals surface area contributed by atoms with E-state index in [0.29, 0.717) is 17.8 Å². The van der Waals surface area contributed by atoms with Gasteiger partial charge in [0.2, 0.25) is 5.91 Å². The van der Waals surface area contributed by atoms with Crippen molar-refractivity contribution in [3.8, 4) is 0 Å². The molecule has 3 aromatic rings. The molecule has 2 fully saturated rings. The molecule has 34 heavy (non-hydrogen) atoms. The third kappa shape index (κ3) is 3.60. The Hall–Kier alpha value is -4.08. The molecule has 1 atom stereocenters. The predicted molar refractivity (Wildman–Crippen MR) is 129 cm³/mol. The van der Waals surface area contributed by atoms with E-state index in [1.807, 2.05) is 48.3 Å². The van der Waals surface area contributed by atoms with E-state index in [-0.39, 0.29) is 24.0 Å². The molecule has 0 aliphatic carbocycles. The second-order valence-electron chi connectivity index (χ2n) is 8.93. The lowest BCUT2D eigenvalue weighted by Gasteiger charge is -2.38. The summed E-state index contributed by atoms with van der Waals surface area (Å²) in [5, 5.41) is 14.2. The third-order valence-corrected chi connectivity index (χ3v) is 6.81. The minimum absolute atomic E-state index is 0.128. The maximum absolute atomic E-state index is 12.8. The number of hydrogen-bond acceptors (Lipinski definition) is 7. The van der Waals surface area contributed by atoms with Crippen molar-refractivity contribution in [2.24, 2.45) is 7.05 Å². The van der Waals surface area contributed by atoms with Gasteiger partial charge in [0.05, 0.1) is 22.6 Å². The summed E-state index contributed by atoms with van der Waals surface area (Å²) in [6.45, 7) is 2.27. The number of nitrogens with one attached hydrogen (secondary N) is 3. The van der Waals surface area contributed by atoms with Crippen molar-refractivity contribution in [1.82, 2.24) is 19.7 Å². The van der Waals surface area contributed by atoms with Crippen LogP contribution in [0, 0.1) is 0 Å². The number of rotatable bonds is 4. The van der Waals surface area contributed by atoms with Crippen LogP contribution in [0.4, 0.5) is 23.0 Å². The van der Waals surface area contributed by atoms with Gasteiger partial charge in [0.15, 0.2) is 5.82 Å². The molecule has 3 aliphatic heterocycles. The van der Waals surface area contributed by atoms with E-state index < -0.39 is 0 Å². The Balaban J connectivity index is 1.10. The van der Waals surface area contributed by atoms with E-state index in [9.17, 15) is 9.59 Å². The van der Waals surface area contributed by atoms with E-state index in [0.717, 1.165) is 48.9 Å². The molecule has 0 bridgehead atoms. The highest BCUT2D eigenvalue weighted by molar-refractivity contribution is 6.03. The molecule has 10 nitrogen and oxygen atoms in total. The van der Waals surface area contributed by atoms with Gasteiger partial charge in [0.1, 0.15) is 12.0 Å². The first-order valence-corrected chi connectivity index (χ1v) is 11.5. The van der Waals surface area contributed by atoms with Gasteiger partial charge in [0.25, 0.3) is 5.91 Å². The number of para-hydroxylation sites is 2. The quantitative estimate of drug-likeness (QED) is 0.551. The van der Waals surface area contributed by atoms with Crippen LogP contribution >= 0.6 is 0 Å². The topological polar surface area (TPSA) is 107 Å². The van der Waals surface area contributed by atoms with Crippen LogP contribution in [0.5, 0.6) is 0 Å². The highest BCUT2D eigenvalue weighted by atomic mass is 16.2. The highest BCUT2D eigenvalue weighted by Gasteiger charge is 2.35. The second kappa shape index (κ2) is 8.05. The lowest BCUT2D eigenvalue weighted by molar-refractivity contribution is -0.129. The second-order valence-corrected chi connectivity index (χ2v) is 8.93. The Morgan fingerprint density at radius 3 is 2.65 bits per heavy atom. The molecule has 6 rings (SSSR count). The number of hydrogen-bond donors (Lipinski definition) is 3. The lowest BCUT2D eigenvalue weighted by Crippen LogP contribution is -2.51. The number of anilines is 4. The van der Waals surface area contributed by atoms with Crippen molar-refractivity contribution in [3.63, 3.8) is 0 Å². The smallest absolute Gasteiger partial charge is 0.258 e. The number of amides is 2. The monoisotopic (exact) mass is 458 g/mol. The highest BCUT2D eigenvalue weighted by Crippen LogP contribution is 2.35. The Morgan fingerprint density at radius 2 is 1.91 bits per heavy atom. The summed E-state index contributed by atoms with van der Waals surface area (Å²) in [6, 6.07) is 13.8. The van der Waals surface area contributed by atoms with Crippen LogP contribution in [-0.2, 0) is 11.8 Å².